The van der Waals surface area contributed by atoms with Crippen LogP contribution < -0.4 is 14.8 Å². The van der Waals surface area contributed by atoms with Crippen LogP contribution in [0.15, 0.2) is 67.0 Å². The monoisotopic (exact) mass is 785 g/mol. The van der Waals surface area contributed by atoms with E-state index in [0.29, 0.717) is 55.8 Å². The van der Waals surface area contributed by atoms with Crippen LogP contribution in [-0.2, 0) is 38.8 Å². The molecular formula is C44H47N7O7. The molecular weight excluding hydrogens is 739 g/mol. The lowest BCUT2D eigenvalue weighted by Crippen LogP contribution is -2.46. The second-order valence-corrected chi connectivity index (χ2v) is 14.9. The van der Waals surface area contributed by atoms with Gasteiger partial charge in [0, 0.05) is 105 Å². The predicted octanol–water partition coefficient (Wildman–Crippen LogP) is 5.31. The Morgan fingerprint density at radius 1 is 0.983 bits per heavy atom. The molecule has 3 aromatic heterocycles. The lowest BCUT2D eigenvalue weighted by Gasteiger charge is -2.30. The number of hydrogen-bond donors (Lipinski definition) is 1. The number of likely N-dealkylation sites (N-methyl/N-ethyl adjacent to an activating group) is 1. The van der Waals surface area contributed by atoms with Crippen molar-refractivity contribution in [3.8, 4) is 34.1 Å². The van der Waals surface area contributed by atoms with Crippen LogP contribution in [0.1, 0.15) is 72.4 Å². The third-order valence-corrected chi connectivity index (χ3v) is 11.4. The summed E-state index contributed by atoms with van der Waals surface area (Å²) in [5.41, 5.74) is 5.85. The van der Waals surface area contributed by atoms with Crippen LogP contribution >= 0.6 is 0 Å². The van der Waals surface area contributed by atoms with Crippen molar-refractivity contribution in [2.75, 3.05) is 40.0 Å². The molecule has 1 N–H and O–H groups in total. The Balaban J connectivity index is 0.909. The van der Waals surface area contributed by atoms with Gasteiger partial charge in [0.05, 0.1) is 43.4 Å². The molecule has 5 aromatic rings. The minimum Gasteiger partial charge on any atom is -0.493 e. The Labute approximate surface area is 336 Å². The topological polar surface area (TPSA) is 158 Å². The number of hydrogen-bond acceptors (Lipinski definition) is 10. The number of ether oxygens (including phenoxy) is 3. The number of nitrogens with zero attached hydrogens (tertiary/aromatic N) is 6. The second-order valence-electron chi connectivity index (χ2n) is 14.9. The van der Waals surface area contributed by atoms with Crippen LogP contribution in [0.5, 0.6) is 11.6 Å². The Kier molecular flexibility index (Phi) is 11.4. The molecule has 0 radical (unpaired) electrons. The van der Waals surface area contributed by atoms with Gasteiger partial charge in [-0.15, -0.1) is 0 Å². The molecule has 8 rings (SSSR count). The Hall–Kier alpha value is -6.15. The maximum Gasteiger partial charge on any atom is 0.255 e. The average molecular weight is 786 g/mol. The molecule has 58 heavy (non-hydrogen) atoms. The lowest BCUT2D eigenvalue weighted by atomic mass is 9.99. The summed E-state index contributed by atoms with van der Waals surface area (Å²) in [7, 11) is 1.52. The summed E-state index contributed by atoms with van der Waals surface area (Å²) in [5, 5.41) is 4.63. The van der Waals surface area contributed by atoms with E-state index in [1.54, 1.807) is 25.3 Å². The van der Waals surface area contributed by atoms with Crippen molar-refractivity contribution in [1.29, 1.82) is 0 Å². The van der Waals surface area contributed by atoms with E-state index in [0.717, 1.165) is 89.3 Å². The molecule has 1 fully saturated rings. The van der Waals surface area contributed by atoms with E-state index in [9.17, 15) is 19.2 Å². The minimum absolute atomic E-state index is 0.0663. The number of rotatable bonds is 14. The van der Waals surface area contributed by atoms with Gasteiger partial charge in [0.25, 0.3) is 5.91 Å². The fourth-order valence-electron chi connectivity index (χ4n) is 8.25. The van der Waals surface area contributed by atoms with E-state index in [4.69, 9.17) is 24.2 Å². The number of imidazole rings is 1. The number of benzene rings is 2. The highest BCUT2D eigenvalue weighted by Crippen LogP contribution is 2.38. The molecule has 1 saturated heterocycles. The highest BCUT2D eigenvalue weighted by molar-refractivity contribution is 6.02. The van der Waals surface area contributed by atoms with Crippen LogP contribution in [0.2, 0.25) is 0 Å². The summed E-state index contributed by atoms with van der Waals surface area (Å²) < 4.78 is 20.0. The molecule has 3 aliphatic heterocycles. The maximum atomic E-state index is 13.2. The van der Waals surface area contributed by atoms with Crippen molar-refractivity contribution in [3.05, 3.63) is 89.6 Å². The zero-order valence-electron chi connectivity index (χ0n) is 32.8. The molecule has 3 amide bonds. The SMILES string of the molecule is CNC(=O)C(CCC=O)N1Cc2c(OCCCOc3ccc(-c4cc5cccc(-c6nc(C7CCOCC7)n7c6CN(C(C)=O)CC7)c5cn4)cn3)cccc2C1=O. The summed E-state index contributed by atoms with van der Waals surface area (Å²) in [5.74, 6) is 1.99. The van der Waals surface area contributed by atoms with Crippen molar-refractivity contribution in [3.63, 3.8) is 0 Å². The van der Waals surface area contributed by atoms with Crippen molar-refractivity contribution in [1.82, 2.24) is 34.6 Å². The van der Waals surface area contributed by atoms with Gasteiger partial charge in [0.15, 0.2) is 0 Å². The number of aldehydes is 1. The quantitative estimate of drug-likeness (QED) is 0.116. The van der Waals surface area contributed by atoms with Crippen molar-refractivity contribution < 1.29 is 33.4 Å². The van der Waals surface area contributed by atoms with E-state index < -0.39 is 6.04 Å². The zero-order chi connectivity index (χ0) is 40.2. The third kappa shape index (κ3) is 7.76. The summed E-state index contributed by atoms with van der Waals surface area (Å²) in [6, 6.07) is 16.6. The third-order valence-electron chi connectivity index (χ3n) is 11.4. The fraction of sp³-hybridized carbons (Fsp3) is 0.386. The molecule has 0 saturated carbocycles. The largest absolute Gasteiger partial charge is 0.493 e. The van der Waals surface area contributed by atoms with Crippen LogP contribution in [0.3, 0.4) is 0 Å². The molecule has 14 nitrogen and oxygen atoms in total. The number of carbonyl (C=O) groups is 4. The molecule has 14 heteroatoms. The van der Waals surface area contributed by atoms with E-state index in [1.807, 2.05) is 35.4 Å². The zero-order valence-corrected chi connectivity index (χ0v) is 32.8. The number of aromatic nitrogens is 4. The lowest BCUT2D eigenvalue weighted by molar-refractivity contribution is -0.130. The highest BCUT2D eigenvalue weighted by atomic mass is 16.5. The van der Waals surface area contributed by atoms with Crippen LogP contribution in [0.25, 0.3) is 33.3 Å². The average Bonchev–Trinajstić information content (AvgIpc) is 3.81. The van der Waals surface area contributed by atoms with Gasteiger partial charge in [0.2, 0.25) is 17.7 Å². The minimum atomic E-state index is -0.739. The van der Waals surface area contributed by atoms with Gasteiger partial charge in [0.1, 0.15) is 23.9 Å². The number of carbonyl (C=O) groups excluding carboxylic acids is 4. The Morgan fingerprint density at radius 3 is 2.57 bits per heavy atom. The Morgan fingerprint density at radius 2 is 1.79 bits per heavy atom. The van der Waals surface area contributed by atoms with Gasteiger partial charge < -0.3 is 38.7 Å². The van der Waals surface area contributed by atoms with E-state index in [-0.39, 0.29) is 37.1 Å². The fourth-order valence-corrected chi connectivity index (χ4v) is 8.25. The number of fused-ring (bicyclic) bond motifs is 3. The first-order valence-electron chi connectivity index (χ1n) is 20.0. The molecule has 0 spiro atoms. The predicted molar refractivity (Wildman–Crippen MR) is 215 cm³/mol. The summed E-state index contributed by atoms with van der Waals surface area (Å²) in [6.45, 7) is 5.97. The van der Waals surface area contributed by atoms with Gasteiger partial charge in [-0.05, 0) is 48.9 Å². The maximum absolute atomic E-state index is 13.2. The summed E-state index contributed by atoms with van der Waals surface area (Å²) in [4.78, 5) is 67.3. The molecule has 6 heterocycles. The van der Waals surface area contributed by atoms with Crippen LogP contribution in [-0.4, -0.2) is 99.4 Å². The van der Waals surface area contributed by atoms with Gasteiger partial charge in [-0.2, -0.15) is 0 Å². The van der Waals surface area contributed by atoms with Gasteiger partial charge >= 0.3 is 0 Å². The summed E-state index contributed by atoms with van der Waals surface area (Å²) in [6.07, 6.45) is 7.29. The number of amides is 3. The standard InChI is InChI=1S/C44H47N7O7/c1-28(53)49-16-17-50-38(27-49)41(48-42(50)29-14-21-56-22-15-29)32-8-3-7-30-23-36(46-25-34(30)32)31-12-13-40(47-24-31)58-20-6-19-57-39-11-4-9-33-35(39)26-51(44(33)55)37(10-5-18-52)43(54)45-2/h3-4,7-9,11-13,18,23-25,29,37H,5-6,10,14-17,19-22,26-27H2,1-2H3,(H,45,54). The van der Waals surface area contributed by atoms with Crippen molar-refractivity contribution in [2.24, 2.45) is 0 Å². The molecule has 1 unspecified atom stereocenters. The smallest absolute Gasteiger partial charge is 0.255 e. The normalized spacial score (nSPS) is 15.9. The van der Waals surface area contributed by atoms with Crippen molar-refractivity contribution in [2.45, 2.75) is 70.6 Å². The first kappa shape index (κ1) is 38.7. The molecule has 300 valence electrons. The molecule has 0 aliphatic carbocycles. The van der Waals surface area contributed by atoms with E-state index in [1.165, 1.54) is 11.9 Å². The van der Waals surface area contributed by atoms with Crippen molar-refractivity contribution >= 4 is 34.8 Å². The second kappa shape index (κ2) is 17.1. The van der Waals surface area contributed by atoms with Crippen LogP contribution in [0.4, 0.5) is 0 Å². The molecule has 1 atom stereocenters. The first-order chi connectivity index (χ1) is 28.3. The van der Waals surface area contributed by atoms with Crippen LogP contribution in [0, 0.1) is 0 Å². The van der Waals surface area contributed by atoms with E-state index in [2.05, 4.69) is 33.1 Å². The Bertz CT molecular complexity index is 2340. The summed E-state index contributed by atoms with van der Waals surface area (Å²) >= 11 is 0. The molecule has 0 bridgehead atoms. The van der Waals surface area contributed by atoms with Gasteiger partial charge in [-0.3, -0.25) is 19.4 Å². The number of nitrogens with one attached hydrogen (secondary N) is 1. The first-order valence-corrected chi connectivity index (χ1v) is 20.0. The molecule has 3 aliphatic rings. The molecule has 2 aromatic carbocycles. The van der Waals surface area contributed by atoms with E-state index >= 15 is 0 Å². The van der Waals surface area contributed by atoms with Gasteiger partial charge in [-0.1, -0.05) is 24.3 Å². The highest BCUT2D eigenvalue weighted by Gasteiger charge is 2.37. The number of pyridine rings is 2. The van der Waals surface area contributed by atoms with Gasteiger partial charge in [-0.25, -0.2) is 9.97 Å².